The molecule has 3 rings (SSSR count). The molecule has 1 saturated carbocycles. The molecular weight excluding hydrogens is 230 g/mol. The first kappa shape index (κ1) is 11.3. The SMILES string of the molecule is CSc1nc(C)cc(N2CC3CCCC3C2)n1. The molecule has 2 heterocycles. The molecular formula is C13H19N3S. The highest BCUT2D eigenvalue weighted by Gasteiger charge is 2.36. The minimum Gasteiger partial charge on any atom is -0.356 e. The Hall–Kier alpha value is -0.770. The van der Waals surface area contributed by atoms with Crippen LogP contribution >= 0.6 is 11.8 Å². The third-order valence-corrected chi connectivity index (χ3v) is 4.60. The number of anilines is 1. The second-order valence-electron chi connectivity index (χ2n) is 5.21. The molecule has 1 aliphatic heterocycles. The first-order valence-electron chi connectivity index (χ1n) is 6.41. The Balaban J connectivity index is 1.82. The first-order chi connectivity index (χ1) is 8.26. The van der Waals surface area contributed by atoms with Crippen molar-refractivity contribution in [3.63, 3.8) is 0 Å². The molecule has 1 saturated heterocycles. The Morgan fingerprint density at radius 2 is 1.94 bits per heavy atom. The van der Waals surface area contributed by atoms with Crippen molar-refractivity contribution >= 4 is 17.6 Å². The summed E-state index contributed by atoms with van der Waals surface area (Å²) in [5.74, 6) is 2.97. The van der Waals surface area contributed by atoms with Crippen molar-refractivity contribution in [3.8, 4) is 0 Å². The third-order valence-electron chi connectivity index (χ3n) is 4.05. The summed E-state index contributed by atoms with van der Waals surface area (Å²) >= 11 is 1.63. The lowest BCUT2D eigenvalue weighted by Crippen LogP contribution is -2.22. The number of aromatic nitrogens is 2. The number of aryl methyl sites for hydroxylation is 1. The maximum absolute atomic E-state index is 4.64. The molecule has 2 atom stereocenters. The van der Waals surface area contributed by atoms with Crippen LogP contribution in [0, 0.1) is 18.8 Å². The summed E-state index contributed by atoms with van der Waals surface area (Å²) in [6, 6.07) is 2.13. The van der Waals surface area contributed by atoms with Crippen molar-refractivity contribution < 1.29 is 0 Å². The van der Waals surface area contributed by atoms with Crippen LogP contribution in [0.15, 0.2) is 11.2 Å². The van der Waals surface area contributed by atoms with E-state index in [1.807, 2.05) is 6.26 Å². The van der Waals surface area contributed by atoms with Gasteiger partial charge in [-0.15, -0.1) is 0 Å². The summed E-state index contributed by atoms with van der Waals surface area (Å²) in [6.45, 7) is 4.46. The van der Waals surface area contributed by atoms with E-state index in [9.17, 15) is 0 Å². The standard InChI is InChI=1S/C13H19N3S/c1-9-6-12(15-13(14-9)17-2)16-7-10-4-3-5-11(10)8-16/h6,10-11H,3-5,7-8H2,1-2H3. The largest absolute Gasteiger partial charge is 0.356 e. The Morgan fingerprint density at radius 3 is 2.59 bits per heavy atom. The summed E-state index contributed by atoms with van der Waals surface area (Å²) in [6.07, 6.45) is 6.31. The zero-order valence-electron chi connectivity index (χ0n) is 10.5. The van der Waals surface area contributed by atoms with E-state index in [2.05, 4.69) is 27.9 Å². The van der Waals surface area contributed by atoms with Gasteiger partial charge in [-0.1, -0.05) is 18.2 Å². The molecule has 1 aliphatic carbocycles. The van der Waals surface area contributed by atoms with Crippen molar-refractivity contribution in [2.75, 3.05) is 24.2 Å². The van der Waals surface area contributed by atoms with Gasteiger partial charge in [-0.2, -0.15) is 0 Å². The molecule has 2 fully saturated rings. The van der Waals surface area contributed by atoms with Gasteiger partial charge in [0.1, 0.15) is 5.82 Å². The van der Waals surface area contributed by atoms with Crippen LogP contribution in [0.25, 0.3) is 0 Å². The predicted molar refractivity (Wildman–Crippen MR) is 71.6 cm³/mol. The molecule has 17 heavy (non-hydrogen) atoms. The fraction of sp³-hybridized carbons (Fsp3) is 0.692. The summed E-state index contributed by atoms with van der Waals surface area (Å²) in [5, 5.41) is 0.900. The van der Waals surface area contributed by atoms with Gasteiger partial charge in [-0.05, 0) is 37.9 Å². The van der Waals surface area contributed by atoms with Gasteiger partial charge in [-0.3, -0.25) is 0 Å². The first-order valence-corrected chi connectivity index (χ1v) is 7.63. The highest BCUT2D eigenvalue weighted by molar-refractivity contribution is 7.98. The Bertz CT molecular complexity index is 409. The number of hydrogen-bond donors (Lipinski definition) is 0. The van der Waals surface area contributed by atoms with Gasteiger partial charge in [0.2, 0.25) is 0 Å². The average Bonchev–Trinajstić information content (AvgIpc) is 2.88. The summed E-state index contributed by atoms with van der Waals surface area (Å²) in [4.78, 5) is 11.5. The van der Waals surface area contributed by atoms with E-state index in [1.165, 1.54) is 32.4 Å². The van der Waals surface area contributed by atoms with Crippen LogP contribution in [0.2, 0.25) is 0 Å². The molecule has 0 amide bonds. The van der Waals surface area contributed by atoms with Crippen molar-refractivity contribution in [2.45, 2.75) is 31.3 Å². The number of rotatable bonds is 2. The molecule has 1 aromatic heterocycles. The van der Waals surface area contributed by atoms with E-state index >= 15 is 0 Å². The minimum absolute atomic E-state index is 0.900. The molecule has 0 spiro atoms. The van der Waals surface area contributed by atoms with Gasteiger partial charge in [0, 0.05) is 24.8 Å². The molecule has 0 aromatic carbocycles. The van der Waals surface area contributed by atoms with Crippen molar-refractivity contribution in [2.24, 2.45) is 11.8 Å². The topological polar surface area (TPSA) is 29.0 Å². The van der Waals surface area contributed by atoms with Gasteiger partial charge in [0.25, 0.3) is 0 Å². The second-order valence-corrected chi connectivity index (χ2v) is 5.98. The normalized spacial score (nSPS) is 27.5. The van der Waals surface area contributed by atoms with Gasteiger partial charge in [-0.25, -0.2) is 9.97 Å². The van der Waals surface area contributed by atoms with Crippen LogP contribution in [0.4, 0.5) is 5.82 Å². The van der Waals surface area contributed by atoms with Gasteiger partial charge < -0.3 is 4.90 Å². The van der Waals surface area contributed by atoms with Crippen LogP contribution in [0.3, 0.4) is 0 Å². The summed E-state index contributed by atoms with van der Waals surface area (Å²) in [5.41, 5.74) is 1.08. The van der Waals surface area contributed by atoms with Crippen molar-refractivity contribution in [1.82, 2.24) is 9.97 Å². The van der Waals surface area contributed by atoms with E-state index in [4.69, 9.17) is 0 Å². The highest BCUT2D eigenvalue weighted by Crippen LogP contribution is 2.39. The van der Waals surface area contributed by atoms with Crippen LogP contribution in [0.5, 0.6) is 0 Å². The van der Waals surface area contributed by atoms with E-state index in [1.54, 1.807) is 11.8 Å². The maximum atomic E-state index is 4.64. The molecule has 4 heteroatoms. The summed E-state index contributed by atoms with van der Waals surface area (Å²) < 4.78 is 0. The lowest BCUT2D eigenvalue weighted by molar-refractivity contribution is 0.494. The summed E-state index contributed by atoms with van der Waals surface area (Å²) in [7, 11) is 0. The molecule has 2 aliphatic rings. The number of nitrogens with zero attached hydrogens (tertiary/aromatic N) is 3. The van der Waals surface area contributed by atoms with Gasteiger partial charge >= 0.3 is 0 Å². The molecule has 3 nitrogen and oxygen atoms in total. The van der Waals surface area contributed by atoms with E-state index < -0.39 is 0 Å². The van der Waals surface area contributed by atoms with E-state index in [0.717, 1.165) is 28.5 Å². The number of fused-ring (bicyclic) bond motifs is 1. The lowest BCUT2D eigenvalue weighted by Gasteiger charge is -2.19. The zero-order chi connectivity index (χ0) is 11.8. The Labute approximate surface area is 107 Å². The van der Waals surface area contributed by atoms with Gasteiger partial charge in [0.15, 0.2) is 5.16 Å². The zero-order valence-corrected chi connectivity index (χ0v) is 11.3. The van der Waals surface area contributed by atoms with E-state index in [-0.39, 0.29) is 0 Å². The van der Waals surface area contributed by atoms with E-state index in [0.29, 0.717) is 0 Å². The molecule has 0 radical (unpaired) electrons. The molecule has 0 bridgehead atoms. The van der Waals surface area contributed by atoms with Crippen LogP contribution in [-0.2, 0) is 0 Å². The predicted octanol–water partition coefficient (Wildman–Crippen LogP) is 2.74. The Morgan fingerprint density at radius 1 is 1.24 bits per heavy atom. The smallest absolute Gasteiger partial charge is 0.189 e. The molecule has 92 valence electrons. The Kier molecular flexibility index (Phi) is 2.99. The fourth-order valence-corrected chi connectivity index (χ4v) is 3.62. The second kappa shape index (κ2) is 4.48. The minimum atomic E-state index is 0.900. The monoisotopic (exact) mass is 249 g/mol. The average molecular weight is 249 g/mol. The van der Waals surface area contributed by atoms with Crippen LogP contribution in [0.1, 0.15) is 25.0 Å². The number of hydrogen-bond acceptors (Lipinski definition) is 4. The maximum Gasteiger partial charge on any atom is 0.189 e. The van der Waals surface area contributed by atoms with Gasteiger partial charge in [0.05, 0.1) is 0 Å². The number of thioether (sulfide) groups is 1. The van der Waals surface area contributed by atoms with Crippen molar-refractivity contribution in [1.29, 1.82) is 0 Å². The third kappa shape index (κ3) is 2.15. The molecule has 0 N–H and O–H groups in total. The lowest BCUT2D eigenvalue weighted by atomic mass is 10.0. The van der Waals surface area contributed by atoms with Crippen LogP contribution in [-0.4, -0.2) is 29.3 Å². The molecule has 1 aromatic rings. The molecule has 2 unspecified atom stereocenters. The van der Waals surface area contributed by atoms with Crippen molar-refractivity contribution in [3.05, 3.63) is 11.8 Å². The highest BCUT2D eigenvalue weighted by atomic mass is 32.2. The fourth-order valence-electron chi connectivity index (χ4n) is 3.20. The quantitative estimate of drug-likeness (QED) is 0.595. The van der Waals surface area contributed by atoms with Crippen LogP contribution < -0.4 is 4.90 Å².